The Bertz CT molecular complexity index is 854. The van der Waals surface area contributed by atoms with Crippen molar-refractivity contribution in [1.82, 2.24) is 0 Å². The Morgan fingerprint density at radius 2 is 1.64 bits per heavy atom. The molecule has 8 atom stereocenters. The molecule has 36 heavy (non-hydrogen) atoms. The molecular weight excluding hydrogens is 472 g/mol. The standard InChI is InChI=1S/C31H49ClO4/c1-21(33)36-31(4)18-15-25-27-23(12-10-8-6-5-7-9-11-19-32)28(35)26-20-22(34)13-16-29(26,2)24(27)14-17-30(25,31)3/h20,23-25,27-28,35H,5-19H2,1-4H3/t23?,24-,25+,27-,28?,29-,30+,31?/m1/s1. The molecule has 0 radical (unpaired) electrons. The second kappa shape index (κ2) is 11.1. The summed E-state index contributed by atoms with van der Waals surface area (Å²) >= 11 is 5.80. The van der Waals surface area contributed by atoms with E-state index in [9.17, 15) is 14.7 Å². The van der Waals surface area contributed by atoms with Gasteiger partial charge in [-0.25, -0.2) is 0 Å². The van der Waals surface area contributed by atoms with Crippen LogP contribution in [0.4, 0.5) is 0 Å². The Balaban J connectivity index is 1.56. The average molecular weight is 521 g/mol. The van der Waals surface area contributed by atoms with Crippen LogP contribution in [-0.4, -0.2) is 34.4 Å². The third-order valence-corrected chi connectivity index (χ3v) is 11.6. The number of hydrogen-bond acceptors (Lipinski definition) is 4. The van der Waals surface area contributed by atoms with Crippen LogP contribution in [0.3, 0.4) is 0 Å². The number of halogens is 1. The van der Waals surface area contributed by atoms with Crippen molar-refractivity contribution in [2.75, 3.05) is 5.88 Å². The van der Waals surface area contributed by atoms with Crippen LogP contribution >= 0.6 is 11.6 Å². The van der Waals surface area contributed by atoms with E-state index in [4.69, 9.17) is 16.3 Å². The summed E-state index contributed by atoms with van der Waals surface area (Å²) in [5.41, 5.74) is 0.420. The molecule has 4 aliphatic rings. The summed E-state index contributed by atoms with van der Waals surface area (Å²) in [6, 6.07) is 0. The molecule has 0 spiro atoms. The Hall–Kier alpha value is -0.870. The Kier molecular flexibility index (Phi) is 8.67. The van der Waals surface area contributed by atoms with E-state index in [0.29, 0.717) is 24.2 Å². The van der Waals surface area contributed by atoms with E-state index in [2.05, 4.69) is 20.8 Å². The number of carbonyl (C=O) groups is 2. The van der Waals surface area contributed by atoms with Crippen LogP contribution in [0.25, 0.3) is 0 Å². The number of unbranched alkanes of at least 4 members (excludes halogenated alkanes) is 6. The minimum atomic E-state index is -0.535. The Labute approximate surface area is 224 Å². The second-order valence-corrected chi connectivity index (χ2v) is 13.5. The number of carbonyl (C=O) groups excluding carboxylic acids is 2. The third-order valence-electron chi connectivity index (χ3n) is 11.3. The molecule has 3 unspecified atom stereocenters. The first-order valence-corrected chi connectivity index (χ1v) is 15.3. The van der Waals surface area contributed by atoms with Crippen LogP contribution in [0.15, 0.2) is 11.6 Å². The van der Waals surface area contributed by atoms with Crippen molar-refractivity contribution in [3.63, 3.8) is 0 Å². The normalized spacial score (nSPS) is 41.8. The number of aliphatic hydroxyl groups is 1. The van der Waals surface area contributed by atoms with Gasteiger partial charge in [-0.2, -0.15) is 0 Å². The number of ether oxygens (including phenoxy) is 1. The van der Waals surface area contributed by atoms with Crippen LogP contribution in [0.1, 0.15) is 118 Å². The molecule has 0 aromatic carbocycles. The average Bonchev–Trinajstić information content (AvgIpc) is 3.08. The summed E-state index contributed by atoms with van der Waals surface area (Å²) in [4.78, 5) is 24.5. The molecule has 5 heteroatoms. The minimum absolute atomic E-state index is 0.0672. The maximum Gasteiger partial charge on any atom is 0.303 e. The van der Waals surface area contributed by atoms with Gasteiger partial charge in [0.25, 0.3) is 0 Å². The molecule has 0 aromatic heterocycles. The van der Waals surface area contributed by atoms with E-state index in [1.165, 1.54) is 39.0 Å². The van der Waals surface area contributed by atoms with E-state index in [1.54, 1.807) is 0 Å². The summed E-state index contributed by atoms with van der Waals surface area (Å²) in [6.45, 7) is 8.37. The van der Waals surface area contributed by atoms with Crippen molar-refractivity contribution < 1.29 is 19.4 Å². The van der Waals surface area contributed by atoms with Gasteiger partial charge >= 0.3 is 5.97 Å². The zero-order valence-corrected chi connectivity index (χ0v) is 23.9. The van der Waals surface area contributed by atoms with Crippen molar-refractivity contribution in [1.29, 1.82) is 0 Å². The van der Waals surface area contributed by atoms with Crippen molar-refractivity contribution in [2.24, 2.45) is 34.5 Å². The molecule has 4 nitrogen and oxygen atoms in total. The van der Waals surface area contributed by atoms with E-state index in [1.807, 2.05) is 6.08 Å². The smallest absolute Gasteiger partial charge is 0.303 e. The monoisotopic (exact) mass is 520 g/mol. The Morgan fingerprint density at radius 1 is 1.00 bits per heavy atom. The van der Waals surface area contributed by atoms with Gasteiger partial charge in [-0.05, 0) is 92.6 Å². The number of rotatable bonds is 10. The molecule has 3 saturated carbocycles. The maximum atomic E-state index is 12.5. The first-order valence-electron chi connectivity index (χ1n) is 14.8. The number of aliphatic hydroxyl groups excluding tert-OH is 1. The van der Waals surface area contributed by atoms with Crippen LogP contribution in [0.5, 0.6) is 0 Å². The lowest BCUT2D eigenvalue weighted by molar-refractivity contribution is -0.185. The molecule has 4 rings (SSSR count). The van der Waals surface area contributed by atoms with Crippen LogP contribution in [0.2, 0.25) is 0 Å². The van der Waals surface area contributed by atoms with E-state index < -0.39 is 11.7 Å². The predicted octanol–water partition coefficient (Wildman–Crippen LogP) is 7.40. The van der Waals surface area contributed by atoms with Gasteiger partial charge in [0.05, 0.1) is 6.10 Å². The molecule has 0 heterocycles. The Morgan fingerprint density at radius 3 is 2.31 bits per heavy atom. The van der Waals surface area contributed by atoms with Gasteiger partial charge in [0.2, 0.25) is 0 Å². The predicted molar refractivity (Wildman–Crippen MR) is 145 cm³/mol. The summed E-state index contributed by atoms with van der Waals surface area (Å²) in [6.07, 6.45) is 16.2. The number of fused-ring (bicyclic) bond motifs is 5. The molecule has 0 saturated heterocycles. The summed E-state index contributed by atoms with van der Waals surface area (Å²) in [5, 5.41) is 11.8. The zero-order valence-electron chi connectivity index (χ0n) is 23.1. The van der Waals surface area contributed by atoms with Gasteiger partial charge in [0, 0.05) is 24.6 Å². The highest BCUT2D eigenvalue weighted by Gasteiger charge is 2.67. The lowest BCUT2D eigenvalue weighted by Gasteiger charge is -2.62. The summed E-state index contributed by atoms with van der Waals surface area (Å²) < 4.78 is 6.05. The van der Waals surface area contributed by atoms with Crippen LogP contribution in [0, 0.1) is 34.5 Å². The quantitative estimate of drug-likeness (QED) is 0.185. The highest BCUT2D eigenvalue weighted by Crippen LogP contribution is 2.69. The third kappa shape index (κ3) is 4.95. The van der Waals surface area contributed by atoms with E-state index in [0.717, 1.165) is 62.8 Å². The van der Waals surface area contributed by atoms with Gasteiger partial charge in [-0.3, -0.25) is 9.59 Å². The first-order chi connectivity index (χ1) is 17.1. The zero-order chi connectivity index (χ0) is 26.1. The second-order valence-electron chi connectivity index (χ2n) is 13.2. The van der Waals surface area contributed by atoms with Gasteiger partial charge in [0.1, 0.15) is 5.60 Å². The molecule has 3 fully saturated rings. The van der Waals surface area contributed by atoms with Gasteiger partial charge in [0.15, 0.2) is 5.78 Å². The number of esters is 1. The fourth-order valence-corrected chi connectivity index (χ4v) is 9.35. The number of ketones is 1. The molecule has 0 amide bonds. The summed E-state index contributed by atoms with van der Waals surface area (Å²) in [7, 11) is 0. The minimum Gasteiger partial charge on any atom is -0.459 e. The van der Waals surface area contributed by atoms with Gasteiger partial charge in [-0.1, -0.05) is 52.4 Å². The largest absolute Gasteiger partial charge is 0.459 e. The molecular formula is C31H49ClO4. The fourth-order valence-electron chi connectivity index (χ4n) is 9.16. The van der Waals surface area contributed by atoms with E-state index >= 15 is 0 Å². The molecule has 4 aliphatic carbocycles. The SMILES string of the molecule is CC(=O)OC1(C)CC[C@H]2[C@@H]3C(CCCCCCCCCCl)C(O)C4=CC(=O)CC[C@]4(C)[C@@H]3CC[C@@]21C. The number of alkyl halides is 1. The highest BCUT2D eigenvalue weighted by molar-refractivity contribution is 6.17. The fraction of sp³-hybridized carbons (Fsp3) is 0.871. The topological polar surface area (TPSA) is 63.6 Å². The molecule has 0 aliphatic heterocycles. The molecule has 0 bridgehead atoms. The maximum absolute atomic E-state index is 12.5. The van der Waals surface area contributed by atoms with E-state index in [-0.39, 0.29) is 28.5 Å². The molecule has 0 aromatic rings. The number of hydrogen-bond donors (Lipinski definition) is 1. The van der Waals surface area contributed by atoms with Crippen molar-refractivity contribution in [3.05, 3.63) is 11.6 Å². The van der Waals surface area contributed by atoms with Gasteiger partial charge in [-0.15, -0.1) is 11.6 Å². The van der Waals surface area contributed by atoms with Crippen molar-refractivity contribution in [2.45, 2.75) is 129 Å². The first kappa shape index (κ1) is 28.1. The lowest BCUT2D eigenvalue weighted by atomic mass is 9.43. The molecule has 204 valence electrons. The van der Waals surface area contributed by atoms with Crippen LogP contribution in [-0.2, 0) is 14.3 Å². The van der Waals surface area contributed by atoms with Crippen molar-refractivity contribution in [3.8, 4) is 0 Å². The van der Waals surface area contributed by atoms with Gasteiger partial charge < -0.3 is 9.84 Å². The highest BCUT2D eigenvalue weighted by atomic mass is 35.5. The summed E-state index contributed by atoms with van der Waals surface area (Å²) in [5.74, 6) is 2.27. The molecule has 1 N–H and O–H groups in total. The lowest BCUT2D eigenvalue weighted by Crippen LogP contribution is -2.60. The van der Waals surface area contributed by atoms with Crippen molar-refractivity contribution >= 4 is 23.4 Å². The van der Waals surface area contributed by atoms with Crippen LogP contribution < -0.4 is 0 Å².